The first kappa shape index (κ1) is 15.7. The summed E-state index contributed by atoms with van der Waals surface area (Å²) in [6.45, 7) is 3.03. The molecule has 0 saturated heterocycles. The zero-order chi connectivity index (χ0) is 14.1. The van der Waals surface area contributed by atoms with Crippen molar-refractivity contribution >= 4 is 5.97 Å². The normalized spacial score (nSPS) is 10.9. The SMILES string of the molecule is COCCN(CCC(=O)OC)CCc1ccnn1C. The second-order valence-corrected chi connectivity index (χ2v) is 4.36. The Morgan fingerprint density at radius 2 is 2.16 bits per heavy atom. The van der Waals surface area contributed by atoms with Crippen LogP contribution in [0.25, 0.3) is 0 Å². The maximum Gasteiger partial charge on any atom is 0.306 e. The number of nitrogens with zero attached hydrogens (tertiary/aromatic N) is 3. The molecule has 0 bridgehead atoms. The van der Waals surface area contributed by atoms with Crippen LogP contribution in [-0.2, 0) is 27.7 Å². The van der Waals surface area contributed by atoms with Crippen LogP contribution in [0.3, 0.4) is 0 Å². The summed E-state index contributed by atoms with van der Waals surface area (Å²) in [7, 11) is 5.03. The number of hydrogen-bond acceptors (Lipinski definition) is 5. The summed E-state index contributed by atoms with van der Waals surface area (Å²) in [5.74, 6) is -0.178. The van der Waals surface area contributed by atoms with E-state index in [2.05, 4.69) is 14.7 Å². The van der Waals surface area contributed by atoms with E-state index in [-0.39, 0.29) is 5.97 Å². The number of carbonyl (C=O) groups excluding carboxylic acids is 1. The lowest BCUT2D eigenvalue weighted by atomic mass is 10.2. The fourth-order valence-electron chi connectivity index (χ4n) is 1.83. The molecule has 0 fully saturated rings. The molecule has 0 amide bonds. The fraction of sp³-hybridized carbons (Fsp3) is 0.692. The first-order chi connectivity index (χ1) is 9.17. The molecule has 0 spiro atoms. The highest BCUT2D eigenvalue weighted by atomic mass is 16.5. The van der Waals surface area contributed by atoms with Crippen molar-refractivity contribution < 1.29 is 14.3 Å². The standard InChI is InChI=1S/C13H23N3O3/c1-15-12(4-7-14-15)5-8-16(10-11-18-2)9-6-13(17)19-3/h4,7H,5-6,8-11H2,1-3H3. The van der Waals surface area contributed by atoms with E-state index < -0.39 is 0 Å². The van der Waals surface area contributed by atoms with Crippen LogP contribution in [0.4, 0.5) is 0 Å². The predicted octanol–water partition coefficient (Wildman–Crippen LogP) is 0.474. The zero-order valence-electron chi connectivity index (χ0n) is 12.0. The van der Waals surface area contributed by atoms with Gasteiger partial charge in [-0.3, -0.25) is 9.48 Å². The van der Waals surface area contributed by atoms with Gasteiger partial charge in [0.05, 0.1) is 20.1 Å². The van der Waals surface area contributed by atoms with Gasteiger partial charge < -0.3 is 14.4 Å². The molecule has 0 aliphatic carbocycles. The first-order valence-corrected chi connectivity index (χ1v) is 6.42. The van der Waals surface area contributed by atoms with E-state index in [0.717, 1.165) is 19.5 Å². The highest BCUT2D eigenvalue weighted by molar-refractivity contribution is 5.69. The molecule has 0 aliphatic rings. The van der Waals surface area contributed by atoms with Gasteiger partial charge in [0.25, 0.3) is 0 Å². The van der Waals surface area contributed by atoms with E-state index in [9.17, 15) is 4.79 Å². The topological polar surface area (TPSA) is 56.6 Å². The molecule has 108 valence electrons. The monoisotopic (exact) mass is 269 g/mol. The molecule has 1 rings (SSSR count). The van der Waals surface area contributed by atoms with Crippen molar-refractivity contribution in [2.24, 2.45) is 7.05 Å². The molecule has 6 nitrogen and oxygen atoms in total. The Balaban J connectivity index is 2.40. The molecule has 19 heavy (non-hydrogen) atoms. The Bertz CT molecular complexity index is 379. The minimum atomic E-state index is -0.178. The van der Waals surface area contributed by atoms with Gasteiger partial charge in [0, 0.05) is 52.1 Å². The molecule has 0 aromatic carbocycles. The molecule has 6 heteroatoms. The Morgan fingerprint density at radius 3 is 2.74 bits per heavy atom. The van der Waals surface area contributed by atoms with E-state index in [1.807, 2.05) is 17.8 Å². The van der Waals surface area contributed by atoms with Gasteiger partial charge in [0.15, 0.2) is 0 Å². The van der Waals surface area contributed by atoms with Gasteiger partial charge >= 0.3 is 5.97 Å². The number of aromatic nitrogens is 2. The maximum absolute atomic E-state index is 11.2. The summed E-state index contributed by atoms with van der Waals surface area (Å²) in [6.07, 6.45) is 3.11. The number of carbonyl (C=O) groups is 1. The van der Waals surface area contributed by atoms with Crippen molar-refractivity contribution in [1.29, 1.82) is 0 Å². The van der Waals surface area contributed by atoms with Crippen molar-refractivity contribution in [3.05, 3.63) is 18.0 Å². The van der Waals surface area contributed by atoms with Crippen molar-refractivity contribution in [3.8, 4) is 0 Å². The van der Waals surface area contributed by atoms with Crippen LogP contribution in [0, 0.1) is 0 Å². The third-order valence-corrected chi connectivity index (χ3v) is 3.08. The van der Waals surface area contributed by atoms with Crippen LogP contribution in [0.15, 0.2) is 12.3 Å². The number of rotatable bonds is 9. The van der Waals surface area contributed by atoms with Crippen LogP contribution in [0.5, 0.6) is 0 Å². The van der Waals surface area contributed by atoms with Crippen molar-refractivity contribution in [2.45, 2.75) is 12.8 Å². The van der Waals surface area contributed by atoms with Gasteiger partial charge in [0.2, 0.25) is 0 Å². The van der Waals surface area contributed by atoms with Crippen LogP contribution in [-0.4, -0.2) is 61.1 Å². The van der Waals surface area contributed by atoms with E-state index in [4.69, 9.17) is 4.74 Å². The number of hydrogen-bond donors (Lipinski definition) is 0. The van der Waals surface area contributed by atoms with Gasteiger partial charge in [0.1, 0.15) is 0 Å². The quantitative estimate of drug-likeness (QED) is 0.610. The van der Waals surface area contributed by atoms with Gasteiger partial charge in [-0.1, -0.05) is 0 Å². The van der Waals surface area contributed by atoms with Gasteiger partial charge in [-0.2, -0.15) is 5.10 Å². The van der Waals surface area contributed by atoms with Crippen molar-refractivity contribution in [1.82, 2.24) is 14.7 Å². The Kier molecular flexibility index (Phi) is 7.14. The van der Waals surface area contributed by atoms with Crippen LogP contribution >= 0.6 is 0 Å². The Labute approximate surface area is 114 Å². The summed E-state index contributed by atoms with van der Waals surface area (Å²) in [4.78, 5) is 13.4. The molecule has 0 unspecified atom stereocenters. The van der Waals surface area contributed by atoms with Gasteiger partial charge in [-0.05, 0) is 6.07 Å². The van der Waals surface area contributed by atoms with Crippen LogP contribution in [0.2, 0.25) is 0 Å². The average Bonchev–Trinajstić information content (AvgIpc) is 2.83. The molecule has 0 atom stereocenters. The highest BCUT2D eigenvalue weighted by Crippen LogP contribution is 2.01. The molecule has 0 aliphatic heterocycles. The lowest BCUT2D eigenvalue weighted by molar-refractivity contribution is -0.141. The fourth-order valence-corrected chi connectivity index (χ4v) is 1.83. The average molecular weight is 269 g/mol. The highest BCUT2D eigenvalue weighted by Gasteiger charge is 2.09. The van der Waals surface area contributed by atoms with Gasteiger partial charge in [-0.15, -0.1) is 0 Å². The molecule has 0 saturated carbocycles. The molecule has 0 N–H and O–H groups in total. The van der Waals surface area contributed by atoms with E-state index in [1.54, 1.807) is 13.3 Å². The lowest BCUT2D eigenvalue weighted by Gasteiger charge is -2.21. The minimum Gasteiger partial charge on any atom is -0.469 e. The molecule has 1 aromatic rings. The second kappa shape index (κ2) is 8.66. The molecular weight excluding hydrogens is 246 g/mol. The molecule has 0 radical (unpaired) electrons. The number of esters is 1. The summed E-state index contributed by atoms with van der Waals surface area (Å²) in [5.41, 5.74) is 1.18. The summed E-state index contributed by atoms with van der Waals surface area (Å²) in [5, 5.41) is 4.14. The first-order valence-electron chi connectivity index (χ1n) is 6.42. The molecule has 1 aromatic heterocycles. The van der Waals surface area contributed by atoms with Gasteiger partial charge in [-0.25, -0.2) is 0 Å². The summed E-state index contributed by atoms with van der Waals surface area (Å²) >= 11 is 0. The van der Waals surface area contributed by atoms with E-state index >= 15 is 0 Å². The summed E-state index contributed by atoms with van der Waals surface area (Å²) < 4.78 is 11.6. The third kappa shape index (κ3) is 5.85. The van der Waals surface area contributed by atoms with Crippen LogP contribution in [0.1, 0.15) is 12.1 Å². The maximum atomic E-state index is 11.2. The van der Waals surface area contributed by atoms with Crippen molar-refractivity contribution in [3.63, 3.8) is 0 Å². The summed E-state index contributed by atoms with van der Waals surface area (Å²) in [6, 6.07) is 2.01. The van der Waals surface area contributed by atoms with E-state index in [1.165, 1.54) is 12.8 Å². The Morgan fingerprint density at radius 1 is 1.37 bits per heavy atom. The largest absolute Gasteiger partial charge is 0.469 e. The predicted molar refractivity (Wildman–Crippen MR) is 71.9 cm³/mol. The number of ether oxygens (including phenoxy) is 2. The second-order valence-electron chi connectivity index (χ2n) is 4.36. The number of methoxy groups -OCH3 is 2. The third-order valence-electron chi connectivity index (χ3n) is 3.08. The zero-order valence-corrected chi connectivity index (χ0v) is 12.0. The lowest BCUT2D eigenvalue weighted by Crippen LogP contribution is -2.32. The minimum absolute atomic E-state index is 0.178. The Hall–Kier alpha value is -1.40. The van der Waals surface area contributed by atoms with Crippen molar-refractivity contribution in [2.75, 3.05) is 40.5 Å². The van der Waals surface area contributed by atoms with Crippen LogP contribution < -0.4 is 0 Å². The molecule has 1 heterocycles. The smallest absolute Gasteiger partial charge is 0.306 e. The van der Waals surface area contributed by atoms with E-state index in [0.29, 0.717) is 19.6 Å². The molecular formula is C13H23N3O3. The number of aryl methyl sites for hydroxylation is 1.